The van der Waals surface area contributed by atoms with Gasteiger partial charge in [0, 0.05) is 6.20 Å². The molecule has 0 bridgehead atoms. The van der Waals surface area contributed by atoms with Gasteiger partial charge in [-0.25, -0.2) is 9.78 Å². The van der Waals surface area contributed by atoms with Gasteiger partial charge in [-0.1, -0.05) is 6.07 Å². The van der Waals surface area contributed by atoms with E-state index in [0.29, 0.717) is 5.56 Å². The maximum absolute atomic E-state index is 12.3. The van der Waals surface area contributed by atoms with Crippen molar-refractivity contribution in [1.82, 2.24) is 15.2 Å². The quantitative estimate of drug-likeness (QED) is 0.799. The monoisotopic (exact) mass is 310 g/mol. The van der Waals surface area contributed by atoms with Gasteiger partial charge in [-0.3, -0.25) is 9.82 Å². The van der Waals surface area contributed by atoms with Crippen molar-refractivity contribution in [2.24, 2.45) is 0 Å². The number of carbonyl (C=O) groups excluding carboxylic acids is 1. The van der Waals surface area contributed by atoms with E-state index < -0.39 is 16.0 Å². The average molecular weight is 310 g/mol. The lowest BCUT2D eigenvalue weighted by atomic mass is 10.3. The summed E-state index contributed by atoms with van der Waals surface area (Å²) in [6, 6.07) is 3.40. The van der Waals surface area contributed by atoms with Gasteiger partial charge in [0.25, 0.3) is 10.0 Å². The molecule has 0 atom stereocenters. The van der Waals surface area contributed by atoms with Crippen LogP contribution in [0.5, 0.6) is 0 Å². The third kappa shape index (κ3) is 3.19. The lowest BCUT2D eigenvalue weighted by molar-refractivity contribution is 0.0522. The van der Waals surface area contributed by atoms with Crippen molar-refractivity contribution < 1.29 is 17.9 Å². The summed E-state index contributed by atoms with van der Waals surface area (Å²) < 4.78 is 31.7. The molecule has 0 unspecified atom stereocenters. The van der Waals surface area contributed by atoms with E-state index in [-0.39, 0.29) is 23.0 Å². The maximum atomic E-state index is 12.3. The number of pyridine rings is 1. The molecule has 0 saturated carbocycles. The number of rotatable bonds is 5. The Morgan fingerprint density at radius 2 is 2.24 bits per heavy atom. The summed E-state index contributed by atoms with van der Waals surface area (Å²) in [4.78, 5) is 15.6. The highest BCUT2D eigenvalue weighted by atomic mass is 32.2. The fourth-order valence-corrected chi connectivity index (χ4v) is 2.77. The van der Waals surface area contributed by atoms with Crippen molar-refractivity contribution in [3.05, 3.63) is 35.7 Å². The number of anilines is 1. The first-order chi connectivity index (χ1) is 9.95. The molecule has 8 nitrogen and oxygen atoms in total. The van der Waals surface area contributed by atoms with Crippen LogP contribution in [0.2, 0.25) is 0 Å². The van der Waals surface area contributed by atoms with Crippen LogP contribution in [0.3, 0.4) is 0 Å². The number of ether oxygens (including phenoxy) is 1. The molecule has 21 heavy (non-hydrogen) atoms. The number of nitrogens with zero attached hydrogens (tertiary/aromatic N) is 2. The molecule has 2 heterocycles. The predicted octanol–water partition coefficient (Wildman–Crippen LogP) is 1.09. The fourth-order valence-electron chi connectivity index (χ4n) is 1.60. The SMILES string of the molecule is CCOC(=O)c1cn[nH]c1S(=O)(=O)Nc1ncccc1C. The number of hydrogen-bond donors (Lipinski definition) is 2. The van der Waals surface area contributed by atoms with Crippen molar-refractivity contribution in [2.45, 2.75) is 18.9 Å². The van der Waals surface area contributed by atoms with E-state index in [4.69, 9.17) is 4.74 Å². The minimum atomic E-state index is -4.02. The lowest BCUT2D eigenvalue weighted by Crippen LogP contribution is -2.18. The Labute approximate surface area is 121 Å². The highest BCUT2D eigenvalue weighted by Crippen LogP contribution is 2.18. The number of sulfonamides is 1. The molecule has 0 spiro atoms. The average Bonchev–Trinajstić information content (AvgIpc) is 2.92. The van der Waals surface area contributed by atoms with Crippen LogP contribution in [0.15, 0.2) is 29.6 Å². The molecule has 0 amide bonds. The van der Waals surface area contributed by atoms with Crippen LogP contribution in [0.4, 0.5) is 5.82 Å². The van der Waals surface area contributed by atoms with E-state index in [1.807, 2.05) is 0 Å². The molecular weight excluding hydrogens is 296 g/mol. The fraction of sp³-hybridized carbons (Fsp3) is 0.250. The van der Waals surface area contributed by atoms with Crippen molar-refractivity contribution in [3.63, 3.8) is 0 Å². The second-order valence-electron chi connectivity index (χ2n) is 4.11. The molecule has 112 valence electrons. The second kappa shape index (κ2) is 5.92. The van der Waals surface area contributed by atoms with Crippen LogP contribution < -0.4 is 4.72 Å². The summed E-state index contributed by atoms with van der Waals surface area (Å²) in [7, 11) is -4.02. The van der Waals surface area contributed by atoms with Crippen molar-refractivity contribution in [1.29, 1.82) is 0 Å². The molecule has 0 radical (unpaired) electrons. The number of aromatic amines is 1. The third-order valence-electron chi connectivity index (χ3n) is 2.61. The van der Waals surface area contributed by atoms with Crippen molar-refractivity contribution >= 4 is 21.8 Å². The number of esters is 1. The molecule has 2 aromatic rings. The van der Waals surface area contributed by atoms with Gasteiger partial charge >= 0.3 is 5.97 Å². The summed E-state index contributed by atoms with van der Waals surface area (Å²) in [5, 5.41) is 5.53. The zero-order valence-corrected chi connectivity index (χ0v) is 12.3. The Kier molecular flexibility index (Phi) is 4.22. The normalized spacial score (nSPS) is 11.1. The molecule has 0 fully saturated rings. The van der Waals surface area contributed by atoms with Crippen molar-refractivity contribution in [2.75, 3.05) is 11.3 Å². The topological polar surface area (TPSA) is 114 Å². The number of aryl methyl sites for hydroxylation is 1. The zero-order valence-electron chi connectivity index (χ0n) is 11.5. The van der Waals surface area contributed by atoms with Gasteiger partial charge in [0.2, 0.25) is 0 Å². The first kappa shape index (κ1) is 15.0. The van der Waals surface area contributed by atoms with Crippen LogP contribution in [-0.2, 0) is 14.8 Å². The molecule has 0 saturated heterocycles. The number of aromatic nitrogens is 3. The largest absolute Gasteiger partial charge is 0.462 e. The second-order valence-corrected chi connectivity index (χ2v) is 5.73. The van der Waals surface area contributed by atoms with Gasteiger partial charge in [-0.15, -0.1) is 0 Å². The smallest absolute Gasteiger partial charge is 0.342 e. The van der Waals surface area contributed by atoms with E-state index in [1.165, 1.54) is 6.20 Å². The summed E-state index contributed by atoms with van der Waals surface area (Å²) in [5.41, 5.74) is 0.496. The summed E-state index contributed by atoms with van der Waals surface area (Å²) in [5.74, 6) is -0.578. The van der Waals surface area contributed by atoms with E-state index in [9.17, 15) is 13.2 Å². The Morgan fingerprint density at radius 3 is 2.90 bits per heavy atom. The van der Waals surface area contributed by atoms with Gasteiger partial charge in [0.15, 0.2) is 5.03 Å². The van der Waals surface area contributed by atoms with Gasteiger partial charge in [0.1, 0.15) is 11.4 Å². The van der Waals surface area contributed by atoms with Crippen molar-refractivity contribution in [3.8, 4) is 0 Å². The maximum Gasteiger partial charge on any atom is 0.342 e. The molecular formula is C12H14N4O4S. The van der Waals surface area contributed by atoms with E-state index in [0.717, 1.165) is 6.20 Å². The first-order valence-electron chi connectivity index (χ1n) is 6.10. The molecule has 0 aliphatic rings. The summed E-state index contributed by atoms with van der Waals surface area (Å²) >= 11 is 0. The standard InChI is InChI=1S/C12H14N4O4S/c1-3-20-12(17)9-7-14-15-11(9)21(18,19)16-10-8(2)5-4-6-13-10/h4-7H,3H2,1-2H3,(H,13,16)(H,14,15). The Morgan fingerprint density at radius 1 is 1.48 bits per heavy atom. The Bertz CT molecular complexity index is 754. The minimum absolute atomic E-state index is 0.135. The molecule has 2 rings (SSSR count). The third-order valence-corrected chi connectivity index (χ3v) is 3.92. The molecule has 0 aliphatic heterocycles. The number of nitrogens with one attached hydrogen (secondary N) is 2. The van der Waals surface area contributed by atoms with E-state index >= 15 is 0 Å². The molecule has 2 aromatic heterocycles. The van der Waals surface area contributed by atoms with Crippen LogP contribution >= 0.6 is 0 Å². The van der Waals surface area contributed by atoms with E-state index in [1.54, 1.807) is 26.0 Å². The van der Waals surface area contributed by atoms with Gasteiger partial charge in [-0.05, 0) is 25.5 Å². The number of H-pyrrole nitrogens is 1. The van der Waals surface area contributed by atoms with E-state index in [2.05, 4.69) is 19.9 Å². The highest BCUT2D eigenvalue weighted by molar-refractivity contribution is 7.92. The van der Waals surface area contributed by atoms with Crippen LogP contribution in [0.25, 0.3) is 0 Å². The first-order valence-corrected chi connectivity index (χ1v) is 7.59. The van der Waals surface area contributed by atoms with Crippen LogP contribution in [0, 0.1) is 6.92 Å². The summed E-state index contributed by atoms with van der Waals surface area (Å²) in [6.07, 6.45) is 2.57. The predicted molar refractivity (Wildman–Crippen MR) is 74.3 cm³/mol. The van der Waals surface area contributed by atoms with Gasteiger partial charge in [-0.2, -0.15) is 13.5 Å². The molecule has 9 heteroatoms. The number of hydrogen-bond acceptors (Lipinski definition) is 6. The Hall–Kier alpha value is -2.42. The minimum Gasteiger partial charge on any atom is -0.462 e. The zero-order chi connectivity index (χ0) is 15.5. The molecule has 0 aliphatic carbocycles. The molecule has 2 N–H and O–H groups in total. The van der Waals surface area contributed by atoms with Gasteiger partial charge in [0.05, 0.1) is 12.8 Å². The summed E-state index contributed by atoms with van der Waals surface area (Å²) in [6.45, 7) is 3.47. The lowest BCUT2D eigenvalue weighted by Gasteiger charge is -2.09. The van der Waals surface area contributed by atoms with Crippen LogP contribution in [0.1, 0.15) is 22.8 Å². The molecule has 0 aromatic carbocycles. The highest BCUT2D eigenvalue weighted by Gasteiger charge is 2.26. The Balaban J connectivity index is 2.35. The van der Waals surface area contributed by atoms with Crippen LogP contribution in [-0.4, -0.2) is 36.2 Å². The van der Waals surface area contributed by atoms with Gasteiger partial charge < -0.3 is 4.74 Å². The number of carbonyl (C=O) groups is 1.